The first-order valence-electron chi connectivity index (χ1n) is 8.03. The lowest BCUT2D eigenvalue weighted by atomic mass is 10.0. The average molecular weight is 348 g/mol. The van der Waals surface area contributed by atoms with Crippen LogP contribution in [0.1, 0.15) is 16.7 Å². The summed E-state index contributed by atoms with van der Waals surface area (Å²) in [6.45, 7) is 1.97. The highest BCUT2D eigenvalue weighted by atomic mass is 35.5. The van der Waals surface area contributed by atoms with E-state index >= 15 is 0 Å². The van der Waals surface area contributed by atoms with Crippen molar-refractivity contribution in [3.05, 3.63) is 101 Å². The largest absolute Gasteiger partial charge is 0.322 e. The van der Waals surface area contributed by atoms with Crippen molar-refractivity contribution in [3.8, 4) is 0 Å². The summed E-state index contributed by atoms with van der Waals surface area (Å²) in [7, 11) is 0. The summed E-state index contributed by atoms with van der Waals surface area (Å²) < 4.78 is 0. The van der Waals surface area contributed by atoms with Gasteiger partial charge in [0, 0.05) is 16.3 Å². The molecule has 0 saturated carbocycles. The third-order valence-corrected chi connectivity index (χ3v) is 4.16. The number of hydrogen-bond acceptors (Lipinski definition) is 1. The molecule has 3 rings (SSSR count). The van der Waals surface area contributed by atoms with Crippen LogP contribution in [0.4, 0.5) is 5.69 Å². The van der Waals surface area contributed by atoms with Crippen LogP contribution in [-0.4, -0.2) is 5.91 Å². The fraction of sp³-hybridized carbons (Fsp3) is 0.0455. The molecule has 0 saturated heterocycles. The van der Waals surface area contributed by atoms with Crippen molar-refractivity contribution in [2.75, 3.05) is 5.32 Å². The van der Waals surface area contributed by atoms with Gasteiger partial charge in [-0.3, -0.25) is 4.79 Å². The van der Waals surface area contributed by atoms with Gasteiger partial charge in [-0.2, -0.15) is 0 Å². The molecule has 25 heavy (non-hydrogen) atoms. The molecule has 3 aromatic carbocycles. The molecule has 0 spiro atoms. The van der Waals surface area contributed by atoms with Crippen LogP contribution >= 0.6 is 11.6 Å². The summed E-state index contributed by atoms with van der Waals surface area (Å²) in [4.78, 5) is 12.9. The van der Waals surface area contributed by atoms with E-state index in [2.05, 4.69) is 5.32 Å². The van der Waals surface area contributed by atoms with Crippen LogP contribution in [-0.2, 0) is 4.79 Å². The van der Waals surface area contributed by atoms with Gasteiger partial charge in [0.05, 0.1) is 0 Å². The normalized spacial score (nSPS) is 11.2. The van der Waals surface area contributed by atoms with E-state index in [4.69, 9.17) is 11.6 Å². The Labute approximate surface area is 152 Å². The Hall–Kier alpha value is -2.84. The molecule has 0 bridgehead atoms. The van der Waals surface area contributed by atoms with Gasteiger partial charge in [0.1, 0.15) is 0 Å². The second-order valence-corrected chi connectivity index (χ2v) is 6.18. The summed E-state index contributed by atoms with van der Waals surface area (Å²) in [5.41, 5.74) is 4.20. The maximum atomic E-state index is 12.9. The van der Waals surface area contributed by atoms with Crippen molar-refractivity contribution in [3.63, 3.8) is 0 Å². The summed E-state index contributed by atoms with van der Waals surface area (Å²) in [5, 5.41) is 3.64. The van der Waals surface area contributed by atoms with Gasteiger partial charge in [-0.1, -0.05) is 72.3 Å². The maximum absolute atomic E-state index is 12.9. The van der Waals surface area contributed by atoms with Crippen molar-refractivity contribution in [1.29, 1.82) is 0 Å². The lowest BCUT2D eigenvalue weighted by Gasteiger charge is -2.12. The zero-order valence-electron chi connectivity index (χ0n) is 13.9. The number of benzene rings is 3. The van der Waals surface area contributed by atoms with E-state index < -0.39 is 0 Å². The number of hydrogen-bond donors (Lipinski definition) is 1. The van der Waals surface area contributed by atoms with Crippen molar-refractivity contribution in [2.24, 2.45) is 0 Å². The SMILES string of the molecule is Cc1ccccc1NC(=O)/C(=C/c1ccccc1)c1ccc(Cl)cc1. The van der Waals surface area contributed by atoms with Crippen LogP contribution in [0.2, 0.25) is 5.02 Å². The Morgan fingerprint density at radius 2 is 1.52 bits per heavy atom. The predicted octanol–water partition coefficient (Wildman–Crippen LogP) is 5.83. The van der Waals surface area contributed by atoms with E-state index in [1.807, 2.05) is 79.7 Å². The predicted molar refractivity (Wildman–Crippen MR) is 106 cm³/mol. The minimum Gasteiger partial charge on any atom is -0.322 e. The maximum Gasteiger partial charge on any atom is 0.256 e. The molecular weight excluding hydrogens is 330 g/mol. The fourth-order valence-electron chi connectivity index (χ4n) is 2.53. The molecule has 0 aliphatic heterocycles. The molecule has 124 valence electrons. The van der Waals surface area contributed by atoms with E-state index in [1.165, 1.54) is 0 Å². The molecule has 0 aliphatic carbocycles. The minimum absolute atomic E-state index is 0.152. The van der Waals surface area contributed by atoms with E-state index in [-0.39, 0.29) is 5.91 Å². The molecule has 0 atom stereocenters. The Morgan fingerprint density at radius 3 is 2.20 bits per heavy atom. The molecule has 3 heteroatoms. The molecule has 0 aromatic heterocycles. The van der Waals surface area contributed by atoms with E-state index in [1.54, 1.807) is 12.1 Å². The molecule has 1 amide bonds. The third kappa shape index (κ3) is 4.37. The van der Waals surface area contributed by atoms with Gasteiger partial charge in [-0.15, -0.1) is 0 Å². The van der Waals surface area contributed by atoms with Crippen LogP contribution in [0, 0.1) is 6.92 Å². The van der Waals surface area contributed by atoms with Gasteiger partial charge in [0.15, 0.2) is 0 Å². The van der Waals surface area contributed by atoms with Gasteiger partial charge in [0.25, 0.3) is 5.91 Å². The fourth-order valence-corrected chi connectivity index (χ4v) is 2.65. The Balaban J connectivity index is 1.99. The molecular formula is C22H18ClNO. The van der Waals surface area contributed by atoms with Crippen molar-refractivity contribution in [1.82, 2.24) is 0 Å². The van der Waals surface area contributed by atoms with E-state index in [0.29, 0.717) is 10.6 Å². The highest BCUT2D eigenvalue weighted by Crippen LogP contribution is 2.23. The lowest BCUT2D eigenvalue weighted by Crippen LogP contribution is -2.14. The van der Waals surface area contributed by atoms with Gasteiger partial charge >= 0.3 is 0 Å². The second kappa shape index (κ2) is 7.82. The smallest absolute Gasteiger partial charge is 0.256 e. The number of halogens is 1. The quantitative estimate of drug-likeness (QED) is 0.467. The highest BCUT2D eigenvalue weighted by molar-refractivity contribution is 6.31. The number of carbonyl (C=O) groups is 1. The number of anilines is 1. The van der Waals surface area contributed by atoms with Gasteiger partial charge in [0.2, 0.25) is 0 Å². The van der Waals surface area contributed by atoms with Crippen LogP contribution < -0.4 is 5.32 Å². The second-order valence-electron chi connectivity index (χ2n) is 5.74. The first-order chi connectivity index (χ1) is 12.1. The number of rotatable bonds is 4. The number of para-hydroxylation sites is 1. The number of aryl methyl sites for hydroxylation is 1. The number of nitrogens with one attached hydrogen (secondary N) is 1. The topological polar surface area (TPSA) is 29.1 Å². The first-order valence-corrected chi connectivity index (χ1v) is 8.41. The molecule has 0 radical (unpaired) electrons. The van der Waals surface area contributed by atoms with Crippen LogP contribution in [0.5, 0.6) is 0 Å². The Morgan fingerprint density at radius 1 is 0.880 bits per heavy atom. The minimum atomic E-state index is -0.152. The standard InChI is InChI=1S/C22H18ClNO/c1-16-7-5-6-10-21(16)24-22(25)20(15-17-8-3-2-4-9-17)18-11-13-19(23)14-12-18/h2-15H,1H3,(H,24,25)/b20-15+. The summed E-state index contributed by atoms with van der Waals surface area (Å²) >= 11 is 5.99. The van der Waals surface area contributed by atoms with E-state index in [0.717, 1.165) is 22.4 Å². The molecule has 2 nitrogen and oxygen atoms in total. The molecule has 1 N–H and O–H groups in total. The van der Waals surface area contributed by atoms with Crippen LogP contribution in [0.15, 0.2) is 78.9 Å². The summed E-state index contributed by atoms with van der Waals surface area (Å²) in [5.74, 6) is -0.152. The van der Waals surface area contributed by atoms with Crippen molar-refractivity contribution in [2.45, 2.75) is 6.92 Å². The highest BCUT2D eigenvalue weighted by Gasteiger charge is 2.13. The third-order valence-electron chi connectivity index (χ3n) is 3.90. The monoisotopic (exact) mass is 347 g/mol. The van der Waals surface area contributed by atoms with Crippen molar-refractivity contribution < 1.29 is 4.79 Å². The summed E-state index contributed by atoms with van der Waals surface area (Å²) in [6.07, 6.45) is 1.89. The molecule has 0 unspecified atom stereocenters. The van der Waals surface area contributed by atoms with Crippen LogP contribution in [0.25, 0.3) is 11.6 Å². The van der Waals surface area contributed by atoms with E-state index in [9.17, 15) is 4.79 Å². The lowest BCUT2D eigenvalue weighted by molar-refractivity contribution is -0.111. The average Bonchev–Trinajstić information content (AvgIpc) is 2.63. The Bertz CT molecular complexity index is 899. The molecule has 0 fully saturated rings. The molecule has 0 heterocycles. The Kier molecular flexibility index (Phi) is 5.32. The molecule has 3 aromatic rings. The molecule has 0 aliphatic rings. The van der Waals surface area contributed by atoms with Gasteiger partial charge < -0.3 is 5.32 Å². The zero-order chi connectivity index (χ0) is 17.6. The van der Waals surface area contributed by atoms with Crippen molar-refractivity contribution >= 4 is 34.8 Å². The van der Waals surface area contributed by atoms with Gasteiger partial charge in [-0.05, 0) is 47.9 Å². The van der Waals surface area contributed by atoms with Crippen LogP contribution in [0.3, 0.4) is 0 Å². The zero-order valence-corrected chi connectivity index (χ0v) is 14.6. The first kappa shape index (κ1) is 17.0. The summed E-state index contributed by atoms with van der Waals surface area (Å²) in [6, 6.07) is 24.8. The number of carbonyl (C=O) groups excluding carboxylic acids is 1. The van der Waals surface area contributed by atoms with Gasteiger partial charge in [-0.25, -0.2) is 0 Å². The number of amides is 1.